The van der Waals surface area contributed by atoms with Crippen LogP contribution in [0.15, 0.2) is 59.9 Å². The van der Waals surface area contributed by atoms with Crippen molar-refractivity contribution < 1.29 is 0 Å². The summed E-state index contributed by atoms with van der Waals surface area (Å²) in [5.41, 5.74) is 3.02. The summed E-state index contributed by atoms with van der Waals surface area (Å²) >= 11 is 1.71. The molecular weight excluding hydrogens is 292 g/mol. The topological polar surface area (TPSA) is 43.1 Å². The van der Waals surface area contributed by atoms with Gasteiger partial charge >= 0.3 is 0 Å². The first-order valence-electron chi connectivity index (χ1n) is 7.08. The fourth-order valence-electron chi connectivity index (χ4n) is 2.47. The first kappa shape index (κ1) is 13.3. The van der Waals surface area contributed by atoms with Gasteiger partial charge in [-0.1, -0.05) is 36.0 Å². The molecule has 3 aromatic heterocycles. The molecule has 3 heterocycles. The van der Waals surface area contributed by atoms with Crippen LogP contribution >= 0.6 is 11.8 Å². The Kier molecular flexibility index (Phi) is 3.27. The fourth-order valence-corrected chi connectivity index (χ4v) is 3.42. The maximum atomic E-state index is 4.63. The van der Waals surface area contributed by atoms with Gasteiger partial charge in [0.05, 0.1) is 11.2 Å². The van der Waals surface area contributed by atoms with Gasteiger partial charge in [0.2, 0.25) is 0 Å². The Hall–Kier alpha value is -2.40. The molecule has 4 nitrogen and oxygen atoms in total. The van der Waals surface area contributed by atoms with Crippen LogP contribution in [0.2, 0.25) is 0 Å². The Morgan fingerprint density at radius 3 is 2.77 bits per heavy atom. The number of benzene rings is 1. The molecule has 0 amide bonds. The van der Waals surface area contributed by atoms with Crippen molar-refractivity contribution >= 4 is 28.3 Å². The molecule has 0 aliphatic carbocycles. The summed E-state index contributed by atoms with van der Waals surface area (Å²) in [5, 5.41) is 2.11. The minimum absolute atomic E-state index is 0.794. The second-order valence-corrected chi connectivity index (χ2v) is 6.04. The van der Waals surface area contributed by atoms with Crippen LogP contribution < -0.4 is 0 Å². The molecule has 0 saturated carbocycles. The maximum absolute atomic E-state index is 4.63. The smallest absolute Gasteiger partial charge is 0.137 e. The molecule has 0 bridgehead atoms. The molecule has 4 aromatic rings. The highest BCUT2D eigenvalue weighted by molar-refractivity contribution is 7.98. The van der Waals surface area contributed by atoms with Gasteiger partial charge in [-0.15, -0.1) is 0 Å². The van der Waals surface area contributed by atoms with E-state index in [9.17, 15) is 0 Å². The van der Waals surface area contributed by atoms with Crippen LogP contribution in [-0.4, -0.2) is 19.4 Å². The van der Waals surface area contributed by atoms with Crippen LogP contribution in [0, 0.1) is 6.92 Å². The molecule has 0 fully saturated rings. The average molecular weight is 306 g/mol. The monoisotopic (exact) mass is 306 g/mol. The highest BCUT2D eigenvalue weighted by Gasteiger charge is 2.08. The molecule has 0 aliphatic rings. The van der Waals surface area contributed by atoms with E-state index in [4.69, 9.17) is 0 Å². The maximum Gasteiger partial charge on any atom is 0.137 e. The Morgan fingerprint density at radius 1 is 1.00 bits per heavy atom. The van der Waals surface area contributed by atoms with Gasteiger partial charge in [0.25, 0.3) is 0 Å². The Balaban J connectivity index is 1.66. The summed E-state index contributed by atoms with van der Waals surface area (Å²) in [6.45, 7) is 1.93. The minimum Gasteiger partial charge on any atom is -0.307 e. The lowest BCUT2D eigenvalue weighted by atomic mass is 10.2. The molecule has 4 rings (SSSR count). The number of para-hydroxylation sites is 1. The molecule has 108 valence electrons. The van der Waals surface area contributed by atoms with Crippen molar-refractivity contribution in [2.24, 2.45) is 0 Å². The minimum atomic E-state index is 0.794. The quantitative estimate of drug-likeness (QED) is 0.425. The highest BCUT2D eigenvalue weighted by atomic mass is 32.2. The van der Waals surface area contributed by atoms with E-state index in [2.05, 4.69) is 27.2 Å². The number of fused-ring (bicyclic) bond motifs is 2. The van der Waals surface area contributed by atoms with E-state index in [1.165, 1.54) is 0 Å². The lowest BCUT2D eigenvalue weighted by Crippen LogP contribution is -1.93. The van der Waals surface area contributed by atoms with Crippen molar-refractivity contribution in [1.82, 2.24) is 19.4 Å². The predicted octanol–water partition coefficient (Wildman–Crippen LogP) is 3.88. The highest BCUT2D eigenvalue weighted by Crippen LogP contribution is 2.27. The predicted molar refractivity (Wildman–Crippen MR) is 89.0 cm³/mol. The second-order valence-electron chi connectivity index (χ2n) is 5.08. The largest absolute Gasteiger partial charge is 0.307 e. The van der Waals surface area contributed by atoms with Gasteiger partial charge in [-0.05, 0) is 25.1 Å². The zero-order chi connectivity index (χ0) is 14.9. The zero-order valence-corrected chi connectivity index (χ0v) is 12.9. The van der Waals surface area contributed by atoms with Crippen molar-refractivity contribution in [3.8, 4) is 0 Å². The molecule has 0 radical (unpaired) electrons. The standard InChI is InChI=1S/C17H14N4S/c1-12-18-15-7-3-2-6-14(15)17(19-12)22-11-13-10-21-9-5-4-8-16(21)20-13/h2-10H,11H2,1H3. The molecule has 1 aromatic carbocycles. The summed E-state index contributed by atoms with van der Waals surface area (Å²) in [7, 11) is 0. The molecule has 0 saturated heterocycles. The van der Waals surface area contributed by atoms with Gasteiger partial charge in [0, 0.05) is 23.5 Å². The summed E-state index contributed by atoms with van der Waals surface area (Å²) in [6, 6.07) is 14.1. The van der Waals surface area contributed by atoms with Crippen LogP contribution in [-0.2, 0) is 5.75 Å². The van der Waals surface area contributed by atoms with Crippen molar-refractivity contribution in [2.75, 3.05) is 0 Å². The van der Waals surface area contributed by atoms with E-state index in [1.807, 2.05) is 53.9 Å². The third kappa shape index (κ3) is 2.44. The lowest BCUT2D eigenvalue weighted by molar-refractivity contribution is 1.01. The molecule has 0 unspecified atom stereocenters. The first-order valence-corrected chi connectivity index (χ1v) is 8.07. The number of rotatable bonds is 3. The number of pyridine rings is 1. The lowest BCUT2D eigenvalue weighted by Gasteiger charge is -2.05. The SMILES string of the molecule is Cc1nc(SCc2cn3ccccc3n2)c2ccccc2n1. The van der Waals surface area contributed by atoms with E-state index in [0.29, 0.717) is 0 Å². The van der Waals surface area contributed by atoms with E-state index < -0.39 is 0 Å². The number of hydrogen-bond acceptors (Lipinski definition) is 4. The fraction of sp³-hybridized carbons (Fsp3) is 0.118. The summed E-state index contributed by atoms with van der Waals surface area (Å²) in [5.74, 6) is 1.60. The number of aryl methyl sites for hydroxylation is 1. The summed E-state index contributed by atoms with van der Waals surface area (Å²) in [6.07, 6.45) is 4.08. The number of hydrogen-bond donors (Lipinski definition) is 0. The number of aromatic nitrogens is 4. The van der Waals surface area contributed by atoms with Gasteiger partial charge in [-0.25, -0.2) is 15.0 Å². The first-order chi connectivity index (χ1) is 10.8. The van der Waals surface area contributed by atoms with Crippen molar-refractivity contribution in [3.63, 3.8) is 0 Å². The van der Waals surface area contributed by atoms with Crippen molar-refractivity contribution in [1.29, 1.82) is 0 Å². The Labute approximate surface area is 132 Å². The zero-order valence-electron chi connectivity index (χ0n) is 12.1. The third-order valence-corrected chi connectivity index (χ3v) is 4.48. The molecular formula is C17H14N4S. The van der Waals surface area contributed by atoms with Crippen LogP contribution in [0.25, 0.3) is 16.6 Å². The van der Waals surface area contributed by atoms with E-state index in [0.717, 1.165) is 38.8 Å². The van der Waals surface area contributed by atoms with Gasteiger partial charge in [0.1, 0.15) is 16.5 Å². The normalized spacial score (nSPS) is 11.3. The molecule has 0 aliphatic heterocycles. The third-order valence-electron chi connectivity index (χ3n) is 3.45. The van der Waals surface area contributed by atoms with E-state index in [1.54, 1.807) is 11.8 Å². The van der Waals surface area contributed by atoms with Gasteiger partial charge in [0.15, 0.2) is 0 Å². The van der Waals surface area contributed by atoms with Crippen LogP contribution in [0.5, 0.6) is 0 Å². The van der Waals surface area contributed by atoms with E-state index >= 15 is 0 Å². The van der Waals surface area contributed by atoms with E-state index in [-0.39, 0.29) is 0 Å². The van der Waals surface area contributed by atoms with Crippen molar-refractivity contribution in [2.45, 2.75) is 17.7 Å². The van der Waals surface area contributed by atoms with Gasteiger partial charge in [-0.2, -0.15) is 0 Å². The number of nitrogens with zero attached hydrogens (tertiary/aromatic N) is 4. The molecule has 22 heavy (non-hydrogen) atoms. The van der Waals surface area contributed by atoms with Crippen LogP contribution in [0.3, 0.4) is 0 Å². The van der Waals surface area contributed by atoms with Crippen molar-refractivity contribution in [3.05, 3.63) is 66.4 Å². The summed E-state index contributed by atoms with van der Waals surface area (Å²) < 4.78 is 2.04. The van der Waals surface area contributed by atoms with Crippen LogP contribution in [0.4, 0.5) is 0 Å². The Bertz CT molecular complexity index is 928. The second kappa shape index (κ2) is 5.42. The average Bonchev–Trinajstić information content (AvgIpc) is 2.95. The van der Waals surface area contributed by atoms with Gasteiger partial charge in [-0.3, -0.25) is 0 Å². The molecule has 0 spiro atoms. The van der Waals surface area contributed by atoms with Crippen LogP contribution in [0.1, 0.15) is 11.5 Å². The Morgan fingerprint density at radius 2 is 1.86 bits per heavy atom. The molecule has 5 heteroatoms. The molecule has 0 N–H and O–H groups in total. The summed E-state index contributed by atoms with van der Waals surface area (Å²) in [4.78, 5) is 13.7. The number of thioether (sulfide) groups is 1. The molecule has 0 atom stereocenters. The number of imidazole rings is 1. The van der Waals surface area contributed by atoms with Gasteiger partial charge < -0.3 is 4.40 Å².